The van der Waals surface area contributed by atoms with E-state index in [-0.39, 0.29) is 17.9 Å². The molecule has 0 fully saturated rings. The lowest BCUT2D eigenvalue weighted by atomic mass is 9.97. The molecule has 1 aliphatic heterocycles. The molecule has 0 unspecified atom stereocenters. The first kappa shape index (κ1) is 34.0. The SMILES string of the molecule is CC(=O)Nc1cccc(-c2ccc(-c3cc4ccnn4c(Nc4ccc(NC(=O)c5ccc6c(c5)CCN(C(=O)OC(C)(C)C)C6)cc4)n3)cc2)c1. The first-order valence-corrected chi connectivity index (χ1v) is 17.1. The molecule has 0 bridgehead atoms. The molecule has 3 amide bonds. The van der Waals surface area contributed by atoms with Gasteiger partial charge in [0.1, 0.15) is 5.60 Å². The fourth-order valence-corrected chi connectivity index (χ4v) is 6.12. The molecule has 0 spiro atoms. The molecule has 0 aliphatic carbocycles. The summed E-state index contributed by atoms with van der Waals surface area (Å²) in [6.07, 6.45) is 2.05. The minimum Gasteiger partial charge on any atom is -0.444 e. The molecule has 0 atom stereocenters. The molecule has 11 nitrogen and oxygen atoms in total. The molecule has 7 rings (SSSR count). The van der Waals surface area contributed by atoms with E-state index in [0.29, 0.717) is 36.7 Å². The predicted octanol–water partition coefficient (Wildman–Crippen LogP) is 8.31. The molecule has 262 valence electrons. The highest BCUT2D eigenvalue weighted by molar-refractivity contribution is 6.04. The number of fused-ring (bicyclic) bond motifs is 2. The summed E-state index contributed by atoms with van der Waals surface area (Å²) in [6.45, 7) is 8.04. The monoisotopic (exact) mass is 693 g/mol. The van der Waals surface area contributed by atoms with E-state index in [9.17, 15) is 14.4 Å². The second-order valence-corrected chi connectivity index (χ2v) is 13.8. The van der Waals surface area contributed by atoms with Gasteiger partial charge in [-0.15, -0.1) is 0 Å². The Morgan fingerprint density at radius 2 is 1.50 bits per heavy atom. The van der Waals surface area contributed by atoms with Crippen LogP contribution in [-0.2, 0) is 22.5 Å². The highest BCUT2D eigenvalue weighted by Gasteiger charge is 2.26. The normalized spacial score (nSPS) is 12.6. The zero-order valence-corrected chi connectivity index (χ0v) is 29.4. The topological polar surface area (TPSA) is 130 Å². The summed E-state index contributed by atoms with van der Waals surface area (Å²) in [5.74, 6) is 0.220. The smallest absolute Gasteiger partial charge is 0.410 e. The standard InChI is InChI=1S/C41H39N7O4/c1-26(49)43-35-7-5-6-29(23-35)27-8-10-28(11-9-27)37-24-36-18-20-42-48(36)39(46-37)45-34-16-14-33(15-17-34)44-38(50)31-12-13-32-25-47(21-19-30(32)22-31)40(51)52-41(2,3)4/h5-18,20,22-24H,19,21,25H2,1-4H3,(H,43,49)(H,44,50)(H,45,46). The van der Waals surface area contributed by atoms with Crippen molar-refractivity contribution in [2.75, 3.05) is 22.5 Å². The van der Waals surface area contributed by atoms with Crippen molar-refractivity contribution in [1.29, 1.82) is 0 Å². The summed E-state index contributed by atoms with van der Waals surface area (Å²) >= 11 is 0. The van der Waals surface area contributed by atoms with Gasteiger partial charge < -0.3 is 25.6 Å². The number of anilines is 4. The number of hydrogen-bond acceptors (Lipinski definition) is 7. The number of carbonyl (C=O) groups excluding carboxylic acids is 3. The molecule has 0 saturated heterocycles. The van der Waals surface area contributed by atoms with Crippen molar-refractivity contribution >= 4 is 46.4 Å². The lowest BCUT2D eigenvalue weighted by Crippen LogP contribution is -2.39. The summed E-state index contributed by atoms with van der Waals surface area (Å²) in [4.78, 5) is 43.9. The van der Waals surface area contributed by atoms with Gasteiger partial charge in [0, 0.05) is 48.2 Å². The van der Waals surface area contributed by atoms with Crippen LogP contribution in [0, 0.1) is 0 Å². The van der Waals surface area contributed by atoms with Gasteiger partial charge in [0.15, 0.2) is 0 Å². The van der Waals surface area contributed by atoms with Gasteiger partial charge in [-0.25, -0.2) is 14.3 Å². The second-order valence-electron chi connectivity index (χ2n) is 13.8. The highest BCUT2D eigenvalue weighted by Crippen LogP contribution is 2.29. The third-order valence-electron chi connectivity index (χ3n) is 8.61. The van der Waals surface area contributed by atoms with E-state index >= 15 is 0 Å². The fourth-order valence-electron chi connectivity index (χ4n) is 6.12. The van der Waals surface area contributed by atoms with Gasteiger partial charge in [-0.2, -0.15) is 5.10 Å². The maximum absolute atomic E-state index is 13.2. The van der Waals surface area contributed by atoms with Crippen molar-refractivity contribution in [2.24, 2.45) is 0 Å². The van der Waals surface area contributed by atoms with E-state index in [2.05, 4.69) is 21.0 Å². The van der Waals surface area contributed by atoms with E-state index in [0.717, 1.165) is 50.4 Å². The van der Waals surface area contributed by atoms with Crippen LogP contribution in [0.4, 0.5) is 27.8 Å². The number of aromatic nitrogens is 3. The fraction of sp³-hybridized carbons (Fsp3) is 0.195. The third kappa shape index (κ3) is 7.78. The van der Waals surface area contributed by atoms with Crippen molar-refractivity contribution in [1.82, 2.24) is 19.5 Å². The summed E-state index contributed by atoms with van der Waals surface area (Å²) in [6, 6.07) is 32.8. The minimum atomic E-state index is -0.553. The Labute approximate surface area is 301 Å². The average molecular weight is 694 g/mol. The van der Waals surface area contributed by atoms with Crippen LogP contribution < -0.4 is 16.0 Å². The van der Waals surface area contributed by atoms with Crippen molar-refractivity contribution < 1.29 is 19.1 Å². The Hall–Kier alpha value is -6.49. The van der Waals surface area contributed by atoms with E-state index < -0.39 is 5.60 Å². The first-order chi connectivity index (χ1) is 25.0. The molecule has 3 N–H and O–H groups in total. The molecule has 0 radical (unpaired) electrons. The zero-order chi connectivity index (χ0) is 36.4. The van der Waals surface area contributed by atoms with E-state index in [1.807, 2.05) is 118 Å². The van der Waals surface area contributed by atoms with E-state index in [1.54, 1.807) is 21.7 Å². The average Bonchev–Trinajstić information content (AvgIpc) is 3.60. The van der Waals surface area contributed by atoms with Gasteiger partial charge in [0.2, 0.25) is 11.9 Å². The van der Waals surface area contributed by atoms with Crippen molar-refractivity contribution in [2.45, 2.75) is 46.3 Å². The Balaban J connectivity index is 1.02. The van der Waals surface area contributed by atoms with Crippen molar-refractivity contribution in [3.8, 4) is 22.4 Å². The van der Waals surface area contributed by atoms with Gasteiger partial charge in [0.05, 0.1) is 17.4 Å². The molecule has 6 aromatic rings. The minimum absolute atomic E-state index is 0.112. The quantitative estimate of drug-likeness (QED) is 0.153. The lowest BCUT2D eigenvalue weighted by Gasteiger charge is -2.31. The summed E-state index contributed by atoms with van der Waals surface area (Å²) in [7, 11) is 0. The van der Waals surface area contributed by atoms with Crippen molar-refractivity contribution in [3.63, 3.8) is 0 Å². The van der Waals surface area contributed by atoms with Crippen LogP contribution in [0.25, 0.3) is 27.9 Å². The van der Waals surface area contributed by atoms with Crippen LogP contribution >= 0.6 is 0 Å². The van der Waals surface area contributed by atoms with Crippen LogP contribution in [0.2, 0.25) is 0 Å². The van der Waals surface area contributed by atoms with Gasteiger partial charge in [-0.05, 0) is 110 Å². The molecule has 11 heteroatoms. The molecule has 4 aromatic carbocycles. The van der Waals surface area contributed by atoms with Gasteiger partial charge in [0.25, 0.3) is 5.91 Å². The number of nitrogens with one attached hydrogen (secondary N) is 3. The maximum Gasteiger partial charge on any atom is 0.410 e. The lowest BCUT2D eigenvalue weighted by molar-refractivity contribution is -0.114. The predicted molar refractivity (Wildman–Crippen MR) is 203 cm³/mol. The molecular formula is C41H39N7O4. The number of nitrogens with zero attached hydrogens (tertiary/aromatic N) is 4. The molecule has 52 heavy (non-hydrogen) atoms. The number of rotatable bonds is 7. The molecule has 0 saturated carbocycles. The highest BCUT2D eigenvalue weighted by atomic mass is 16.6. The van der Waals surface area contributed by atoms with Crippen LogP contribution in [0.15, 0.2) is 109 Å². The number of benzene rings is 4. The molecule has 1 aliphatic rings. The Kier molecular flexibility index (Phi) is 9.17. The maximum atomic E-state index is 13.2. The van der Waals surface area contributed by atoms with Crippen LogP contribution in [0.5, 0.6) is 0 Å². The Morgan fingerprint density at radius 1 is 0.750 bits per heavy atom. The van der Waals surface area contributed by atoms with Crippen LogP contribution in [-0.4, -0.2) is 49.6 Å². The van der Waals surface area contributed by atoms with Gasteiger partial charge in [-0.3, -0.25) is 9.59 Å². The number of ether oxygens (including phenoxy) is 1. The van der Waals surface area contributed by atoms with E-state index in [1.165, 1.54) is 6.92 Å². The first-order valence-electron chi connectivity index (χ1n) is 17.1. The summed E-state index contributed by atoms with van der Waals surface area (Å²) in [5, 5.41) is 13.7. The summed E-state index contributed by atoms with van der Waals surface area (Å²) < 4.78 is 7.27. The Morgan fingerprint density at radius 3 is 2.25 bits per heavy atom. The zero-order valence-electron chi connectivity index (χ0n) is 29.4. The van der Waals surface area contributed by atoms with Crippen LogP contribution in [0.1, 0.15) is 49.2 Å². The van der Waals surface area contributed by atoms with Gasteiger partial charge >= 0.3 is 6.09 Å². The number of hydrogen-bond donors (Lipinski definition) is 3. The van der Waals surface area contributed by atoms with E-state index in [4.69, 9.17) is 9.72 Å². The number of carbonyl (C=O) groups is 3. The molecule has 3 heterocycles. The summed E-state index contributed by atoms with van der Waals surface area (Å²) in [5.41, 5.74) is 8.85. The van der Waals surface area contributed by atoms with Gasteiger partial charge in [-0.1, -0.05) is 42.5 Å². The number of amides is 3. The molecule has 2 aromatic heterocycles. The Bertz CT molecular complexity index is 2290. The third-order valence-corrected chi connectivity index (χ3v) is 8.61. The van der Waals surface area contributed by atoms with Crippen molar-refractivity contribution in [3.05, 3.63) is 126 Å². The largest absolute Gasteiger partial charge is 0.444 e. The van der Waals surface area contributed by atoms with Crippen LogP contribution in [0.3, 0.4) is 0 Å². The molecular weight excluding hydrogens is 654 g/mol. The second kappa shape index (κ2) is 14.0.